The van der Waals surface area contributed by atoms with Crippen LogP contribution in [0.2, 0.25) is 0 Å². The summed E-state index contributed by atoms with van der Waals surface area (Å²) in [5.41, 5.74) is -1.24. The molecule has 9 nitrogen and oxygen atoms in total. The zero-order chi connectivity index (χ0) is 29.1. The van der Waals surface area contributed by atoms with Crippen LogP contribution in [-0.4, -0.2) is 79.1 Å². The summed E-state index contributed by atoms with van der Waals surface area (Å²) in [6, 6.07) is 9.36. The molecule has 2 atom stereocenters. The van der Waals surface area contributed by atoms with Gasteiger partial charge >= 0.3 is 6.18 Å². The Kier molecular flexibility index (Phi) is 8.48. The molecule has 0 radical (unpaired) electrons. The van der Waals surface area contributed by atoms with E-state index in [9.17, 15) is 40.8 Å². The van der Waals surface area contributed by atoms with Crippen molar-refractivity contribution in [1.82, 2.24) is 19.8 Å². The highest BCUT2D eigenvalue weighted by atomic mass is 32.2. The average molecular weight is 582 g/mol. The van der Waals surface area contributed by atoms with E-state index in [1.807, 2.05) is 6.07 Å². The van der Waals surface area contributed by atoms with E-state index in [2.05, 4.69) is 10.6 Å². The van der Waals surface area contributed by atoms with Crippen molar-refractivity contribution in [2.75, 3.05) is 31.9 Å². The van der Waals surface area contributed by atoms with Crippen molar-refractivity contribution >= 4 is 21.8 Å². The van der Waals surface area contributed by atoms with Gasteiger partial charge in [-0.05, 0) is 42.7 Å². The molecule has 4 rings (SSSR count). The molecule has 2 fully saturated rings. The highest BCUT2D eigenvalue weighted by molar-refractivity contribution is 7.89. The van der Waals surface area contributed by atoms with Gasteiger partial charge in [-0.3, -0.25) is 14.9 Å². The van der Waals surface area contributed by atoms with Gasteiger partial charge in [-0.25, -0.2) is 12.8 Å². The number of piperazine rings is 1. The second-order valence-electron chi connectivity index (χ2n) is 9.76. The number of hydrogen-bond acceptors (Lipinski definition) is 6. The molecule has 2 amide bonds. The van der Waals surface area contributed by atoms with Crippen LogP contribution in [0.4, 0.5) is 17.6 Å². The second-order valence-corrected chi connectivity index (χ2v) is 11.8. The average Bonchev–Trinajstić information content (AvgIpc) is 3.70. The fourth-order valence-corrected chi connectivity index (χ4v) is 6.00. The first kappa shape index (κ1) is 29.4. The molecule has 2 N–H and O–H groups in total. The number of rotatable bonds is 9. The van der Waals surface area contributed by atoms with Gasteiger partial charge < -0.3 is 10.2 Å². The minimum Gasteiger partial charge on any atom is -0.336 e. The number of alkyl halides is 3. The molecule has 1 aliphatic heterocycles. The zero-order valence-electron chi connectivity index (χ0n) is 21.2. The van der Waals surface area contributed by atoms with Gasteiger partial charge in [0.1, 0.15) is 23.4 Å². The molecule has 2 aliphatic rings. The second kappa shape index (κ2) is 11.5. The first-order valence-electron chi connectivity index (χ1n) is 12.5. The van der Waals surface area contributed by atoms with E-state index in [0.29, 0.717) is 5.56 Å². The van der Waals surface area contributed by atoms with Crippen LogP contribution < -0.4 is 10.6 Å². The Hall–Kier alpha value is -3.54. The van der Waals surface area contributed by atoms with Crippen molar-refractivity contribution in [2.24, 2.45) is 0 Å². The van der Waals surface area contributed by atoms with Gasteiger partial charge in [0.25, 0.3) is 5.91 Å². The van der Waals surface area contributed by atoms with Crippen molar-refractivity contribution < 1.29 is 35.6 Å². The predicted molar refractivity (Wildman–Crippen MR) is 136 cm³/mol. The fourth-order valence-electron chi connectivity index (χ4n) is 4.40. The SMILES string of the molecule is N#CC1(NC(=O)C(CS(=O)(=O)N2CCN(C(=O)c3ccccc3)CC2)N[C@H](c2ccc(F)cc2)C(F)(F)F)CC1. The van der Waals surface area contributed by atoms with Crippen LogP contribution in [-0.2, 0) is 14.8 Å². The molecule has 40 heavy (non-hydrogen) atoms. The largest absolute Gasteiger partial charge is 0.407 e. The molecule has 2 aromatic carbocycles. The summed E-state index contributed by atoms with van der Waals surface area (Å²) >= 11 is 0. The monoisotopic (exact) mass is 581 g/mol. The Morgan fingerprint density at radius 1 is 1.00 bits per heavy atom. The highest BCUT2D eigenvalue weighted by Crippen LogP contribution is 2.36. The molecule has 0 aromatic heterocycles. The summed E-state index contributed by atoms with van der Waals surface area (Å²) in [7, 11) is -4.30. The maximum absolute atomic E-state index is 14.1. The number of halogens is 4. The molecular formula is C26H27F4N5O4S. The molecule has 0 bridgehead atoms. The van der Waals surface area contributed by atoms with Crippen LogP contribution in [0.5, 0.6) is 0 Å². The third-order valence-corrected chi connectivity index (χ3v) is 8.77. The number of carbonyl (C=O) groups is 2. The van der Waals surface area contributed by atoms with Gasteiger partial charge in [-0.2, -0.15) is 22.7 Å². The third kappa shape index (κ3) is 6.96. The van der Waals surface area contributed by atoms with Crippen LogP contribution in [0.15, 0.2) is 54.6 Å². The number of amides is 2. The molecule has 1 heterocycles. The van der Waals surface area contributed by atoms with E-state index in [-0.39, 0.29) is 44.9 Å². The van der Waals surface area contributed by atoms with Gasteiger partial charge in [0.15, 0.2) is 0 Å². The number of benzene rings is 2. The molecule has 2 aromatic rings. The van der Waals surface area contributed by atoms with Crippen molar-refractivity contribution in [1.29, 1.82) is 5.26 Å². The molecule has 1 saturated carbocycles. The van der Waals surface area contributed by atoms with E-state index < -0.39 is 56.9 Å². The van der Waals surface area contributed by atoms with Crippen LogP contribution in [0, 0.1) is 17.1 Å². The Labute approximate surface area is 228 Å². The van der Waals surface area contributed by atoms with E-state index in [0.717, 1.165) is 28.6 Å². The van der Waals surface area contributed by atoms with Crippen molar-refractivity contribution in [3.05, 3.63) is 71.5 Å². The summed E-state index contributed by atoms with van der Waals surface area (Å²) in [6.45, 7) is -0.124. The van der Waals surface area contributed by atoms with Gasteiger partial charge in [-0.1, -0.05) is 30.3 Å². The first-order valence-corrected chi connectivity index (χ1v) is 14.1. The normalized spacial score (nSPS) is 18.8. The van der Waals surface area contributed by atoms with Gasteiger partial charge in [-0.15, -0.1) is 0 Å². The molecular weight excluding hydrogens is 554 g/mol. The summed E-state index contributed by atoms with van der Waals surface area (Å²) < 4.78 is 83.2. The Morgan fingerprint density at radius 3 is 2.12 bits per heavy atom. The number of carbonyl (C=O) groups excluding carboxylic acids is 2. The fraction of sp³-hybridized carbons (Fsp3) is 0.423. The number of nitrogens with one attached hydrogen (secondary N) is 2. The molecule has 14 heteroatoms. The Balaban J connectivity index is 1.52. The van der Waals surface area contributed by atoms with Crippen molar-refractivity contribution in [3.8, 4) is 6.07 Å². The van der Waals surface area contributed by atoms with E-state index in [1.165, 1.54) is 4.90 Å². The standard InChI is InChI=1S/C26H27F4N5O4S/c27-20-8-6-18(7-9-20)22(26(28,29)30)32-21(23(36)33-25(17-31)10-11-25)16-40(38,39)35-14-12-34(13-15-35)24(37)19-4-2-1-3-5-19/h1-9,21-22,32H,10-16H2,(H,33,36)/t21?,22-/m1/s1. The lowest BCUT2D eigenvalue weighted by molar-refractivity contribution is -0.160. The van der Waals surface area contributed by atoms with E-state index in [1.54, 1.807) is 30.3 Å². The topological polar surface area (TPSA) is 123 Å². The summed E-state index contributed by atoms with van der Waals surface area (Å²) in [5, 5.41) is 13.8. The molecule has 0 spiro atoms. The highest BCUT2D eigenvalue weighted by Gasteiger charge is 2.48. The molecule has 1 saturated heterocycles. The van der Waals surface area contributed by atoms with Crippen LogP contribution >= 0.6 is 0 Å². The number of nitriles is 1. The molecule has 1 unspecified atom stereocenters. The number of sulfonamides is 1. The minimum atomic E-state index is -4.96. The Morgan fingerprint density at radius 2 is 1.60 bits per heavy atom. The number of nitrogens with zero attached hydrogens (tertiary/aromatic N) is 3. The molecule has 214 valence electrons. The molecule has 1 aliphatic carbocycles. The maximum Gasteiger partial charge on any atom is 0.407 e. The van der Waals surface area contributed by atoms with Crippen LogP contribution in [0.25, 0.3) is 0 Å². The predicted octanol–water partition coefficient (Wildman–Crippen LogP) is 2.35. The lowest BCUT2D eigenvalue weighted by Gasteiger charge is -2.35. The zero-order valence-corrected chi connectivity index (χ0v) is 22.0. The van der Waals surface area contributed by atoms with Gasteiger partial charge in [0.2, 0.25) is 15.9 Å². The lowest BCUT2D eigenvalue weighted by atomic mass is 10.0. The Bertz CT molecular complexity index is 1370. The lowest BCUT2D eigenvalue weighted by Crippen LogP contribution is -2.57. The van der Waals surface area contributed by atoms with Crippen molar-refractivity contribution in [2.45, 2.75) is 36.6 Å². The van der Waals surface area contributed by atoms with E-state index >= 15 is 0 Å². The van der Waals surface area contributed by atoms with Gasteiger partial charge in [0.05, 0.1) is 11.8 Å². The number of hydrogen-bond donors (Lipinski definition) is 2. The van der Waals surface area contributed by atoms with E-state index in [4.69, 9.17) is 0 Å². The maximum atomic E-state index is 14.1. The van der Waals surface area contributed by atoms with Gasteiger partial charge in [0, 0.05) is 31.7 Å². The summed E-state index contributed by atoms with van der Waals surface area (Å²) in [6.07, 6.45) is -4.39. The minimum absolute atomic E-state index is 0.0511. The summed E-state index contributed by atoms with van der Waals surface area (Å²) in [4.78, 5) is 27.3. The third-order valence-electron chi connectivity index (χ3n) is 6.86. The summed E-state index contributed by atoms with van der Waals surface area (Å²) in [5.74, 6) is -3.15. The van der Waals surface area contributed by atoms with Crippen LogP contribution in [0.3, 0.4) is 0 Å². The van der Waals surface area contributed by atoms with Crippen LogP contribution in [0.1, 0.15) is 34.8 Å². The quantitative estimate of drug-likeness (QED) is 0.439. The smallest absolute Gasteiger partial charge is 0.336 e. The van der Waals surface area contributed by atoms with Crippen molar-refractivity contribution in [3.63, 3.8) is 0 Å². The first-order chi connectivity index (χ1) is 18.8.